The van der Waals surface area contributed by atoms with Crippen LogP contribution < -0.4 is 10.6 Å². The summed E-state index contributed by atoms with van der Waals surface area (Å²) in [5, 5.41) is 11.5. The van der Waals surface area contributed by atoms with Gasteiger partial charge in [0.15, 0.2) is 5.96 Å². The average molecular weight is 553 g/mol. The highest BCUT2D eigenvalue weighted by Crippen LogP contribution is 2.36. The number of ether oxygens (including phenoxy) is 1. The van der Waals surface area contributed by atoms with Gasteiger partial charge in [0.1, 0.15) is 0 Å². The number of hydrogen-bond donors (Lipinski definition) is 2. The molecule has 7 nitrogen and oxygen atoms in total. The first-order valence-corrected chi connectivity index (χ1v) is 11.6. The number of benzene rings is 1. The molecule has 32 heavy (non-hydrogen) atoms. The standard InChI is InChI=1S/C24H36N6O.HI/c1-25-23(26-18-21-7-5-8-22(17-21)30-12-6-11-28-30)27-19-24(9-3-2-4-10-24)20-29-13-15-31-16-14-29;/h5-8,11-12,17H,2-4,9-10,13-16,18-20H2,1H3,(H2,25,26,27);1H. The Bertz CT molecular complexity index is 829. The fourth-order valence-electron chi connectivity index (χ4n) is 4.83. The molecule has 2 N–H and O–H groups in total. The van der Waals surface area contributed by atoms with Gasteiger partial charge in [0.2, 0.25) is 0 Å². The maximum atomic E-state index is 5.55. The maximum Gasteiger partial charge on any atom is 0.191 e. The minimum Gasteiger partial charge on any atom is -0.379 e. The summed E-state index contributed by atoms with van der Waals surface area (Å²) in [6, 6.07) is 10.4. The summed E-state index contributed by atoms with van der Waals surface area (Å²) in [6.45, 7) is 6.70. The summed E-state index contributed by atoms with van der Waals surface area (Å²) in [5.41, 5.74) is 2.60. The number of morpholine rings is 1. The molecule has 0 atom stereocenters. The zero-order valence-corrected chi connectivity index (χ0v) is 21.5. The Balaban J connectivity index is 0.00000289. The molecule has 0 unspecified atom stereocenters. The molecule has 0 bridgehead atoms. The molecule has 1 saturated heterocycles. The van der Waals surface area contributed by atoms with Crippen molar-refractivity contribution < 1.29 is 4.74 Å². The molecule has 1 aliphatic heterocycles. The van der Waals surface area contributed by atoms with E-state index in [1.807, 2.05) is 24.0 Å². The molecule has 2 aromatic rings. The SMILES string of the molecule is CN=C(NCc1cccc(-n2cccn2)c1)NCC1(CN2CCOCC2)CCCCC1.I. The smallest absolute Gasteiger partial charge is 0.191 e. The normalized spacial score (nSPS) is 19.2. The zero-order valence-electron chi connectivity index (χ0n) is 19.1. The fraction of sp³-hybridized carbons (Fsp3) is 0.583. The first-order chi connectivity index (χ1) is 15.3. The molecule has 2 fully saturated rings. The summed E-state index contributed by atoms with van der Waals surface area (Å²) in [6.07, 6.45) is 10.4. The number of rotatable bonds is 7. The van der Waals surface area contributed by atoms with Crippen molar-refractivity contribution in [3.63, 3.8) is 0 Å². The van der Waals surface area contributed by atoms with Crippen molar-refractivity contribution in [2.75, 3.05) is 46.4 Å². The number of halogens is 1. The predicted octanol–water partition coefficient (Wildman–Crippen LogP) is 3.44. The Morgan fingerprint density at radius 1 is 1.12 bits per heavy atom. The lowest BCUT2D eigenvalue weighted by molar-refractivity contribution is 0.00820. The van der Waals surface area contributed by atoms with E-state index >= 15 is 0 Å². The van der Waals surface area contributed by atoms with Gasteiger partial charge >= 0.3 is 0 Å². The van der Waals surface area contributed by atoms with E-state index in [4.69, 9.17) is 4.74 Å². The highest BCUT2D eigenvalue weighted by molar-refractivity contribution is 14.0. The summed E-state index contributed by atoms with van der Waals surface area (Å²) in [7, 11) is 1.85. The van der Waals surface area contributed by atoms with Gasteiger partial charge in [-0.3, -0.25) is 9.89 Å². The van der Waals surface area contributed by atoms with Crippen LogP contribution in [0.2, 0.25) is 0 Å². The van der Waals surface area contributed by atoms with Crippen LogP contribution in [0.3, 0.4) is 0 Å². The van der Waals surface area contributed by atoms with Crippen LogP contribution in [0, 0.1) is 5.41 Å². The van der Waals surface area contributed by atoms with Gasteiger partial charge in [0.25, 0.3) is 0 Å². The Morgan fingerprint density at radius 3 is 2.66 bits per heavy atom. The van der Waals surface area contributed by atoms with Gasteiger partial charge in [-0.1, -0.05) is 31.4 Å². The largest absolute Gasteiger partial charge is 0.379 e. The molecule has 1 aliphatic carbocycles. The monoisotopic (exact) mass is 552 g/mol. The van der Waals surface area contributed by atoms with Crippen LogP contribution in [0.5, 0.6) is 0 Å². The Kier molecular flexibility index (Phi) is 9.80. The first kappa shape index (κ1) is 25.0. The van der Waals surface area contributed by atoms with Crippen molar-refractivity contribution in [3.8, 4) is 5.69 Å². The zero-order chi connectivity index (χ0) is 21.4. The molecule has 1 aromatic heterocycles. The quantitative estimate of drug-likeness (QED) is 0.313. The van der Waals surface area contributed by atoms with Crippen LogP contribution in [0.4, 0.5) is 0 Å². The number of nitrogens with one attached hydrogen (secondary N) is 2. The second kappa shape index (κ2) is 12.6. The fourth-order valence-corrected chi connectivity index (χ4v) is 4.83. The van der Waals surface area contributed by atoms with Crippen molar-refractivity contribution in [2.45, 2.75) is 38.6 Å². The molecule has 0 radical (unpaired) electrons. The molecule has 2 heterocycles. The molecule has 1 saturated carbocycles. The van der Waals surface area contributed by atoms with E-state index in [1.54, 1.807) is 6.20 Å². The lowest BCUT2D eigenvalue weighted by Gasteiger charge is -2.42. The van der Waals surface area contributed by atoms with Crippen molar-refractivity contribution in [2.24, 2.45) is 10.4 Å². The highest BCUT2D eigenvalue weighted by atomic mass is 127. The van der Waals surface area contributed by atoms with Gasteiger partial charge in [0, 0.05) is 57.6 Å². The van der Waals surface area contributed by atoms with Crippen LogP contribution in [-0.4, -0.2) is 67.1 Å². The molecule has 8 heteroatoms. The van der Waals surface area contributed by atoms with Gasteiger partial charge < -0.3 is 15.4 Å². The average Bonchev–Trinajstić information content (AvgIpc) is 3.36. The van der Waals surface area contributed by atoms with Crippen molar-refractivity contribution >= 4 is 29.9 Å². The van der Waals surface area contributed by atoms with Crippen molar-refractivity contribution in [3.05, 3.63) is 48.3 Å². The number of aliphatic imine (C=N–C) groups is 1. The molecule has 4 rings (SSSR count). The van der Waals surface area contributed by atoms with E-state index in [2.05, 4.69) is 49.9 Å². The van der Waals surface area contributed by atoms with Crippen LogP contribution in [-0.2, 0) is 11.3 Å². The van der Waals surface area contributed by atoms with E-state index < -0.39 is 0 Å². The van der Waals surface area contributed by atoms with Gasteiger partial charge in [-0.15, -0.1) is 24.0 Å². The topological polar surface area (TPSA) is 66.7 Å². The van der Waals surface area contributed by atoms with Crippen molar-refractivity contribution in [1.82, 2.24) is 25.3 Å². The minimum atomic E-state index is 0. The third kappa shape index (κ3) is 6.92. The number of nitrogens with zero attached hydrogens (tertiary/aromatic N) is 4. The van der Waals surface area contributed by atoms with Crippen LogP contribution in [0.15, 0.2) is 47.7 Å². The lowest BCUT2D eigenvalue weighted by Crippen LogP contribution is -2.51. The first-order valence-electron chi connectivity index (χ1n) is 11.6. The van der Waals surface area contributed by atoms with Gasteiger partial charge in [-0.05, 0) is 36.6 Å². The summed E-state index contributed by atoms with van der Waals surface area (Å²) in [5.74, 6) is 0.872. The molecule has 0 amide bonds. The van der Waals surface area contributed by atoms with Gasteiger partial charge in [-0.2, -0.15) is 5.10 Å². The molecule has 176 valence electrons. The van der Waals surface area contributed by atoms with E-state index in [1.165, 1.54) is 37.7 Å². The van der Waals surface area contributed by atoms with Crippen molar-refractivity contribution in [1.29, 1.82) is 0 Å². The predicted molar refractivity (Wildman–Crippen MR) is 140 cm³/mol. The second-order valence-electron chi connectivity index (χ2n) is 8.85. The molecule has 0 spiro atoms. The Hall–Kier alpha value is -1.65. The molecule has 2 aliphatic rings. The molecular formula is C24H37IN6O. The molecular weight excluding hydrogens is 515 g/mol. The minimum absolute atomic E-state index is 0. The van der Waals surface area contributed by atoms with Gasteiger partial charge in [0.05, 0.1) is 18.9 Å². The number of hydrogen-bond acceptors (Lipinski definition) is 4. The summed E-state index contributed by atoms with van der Waals surface area (Å²) < 4.78 is 7.44. The Morgan fingerprint density at radius 2 is 1.94 bits per heavy atom. The molecule has 1 aromatic carbocycles. The maximum absolute atomic E-state index is 5.55. The van der Waals surface area contributed by atoms with E-state index in [-0.39, 0.29) is 24.0 Å². The third-order valence-corrected chi connectivity index (χ3v) is 6.57. The van der Waals surface area contributed by atoms with Crippen LogP contribution >= 0.6 is 24.0 Å². The summed E-state index contributed by atoms with van der Waals surface area (Å²) >= 11 is 0. The third-order valence-electron chi connectivity index (χ3n) is 6.57. The lowest BCUT2D eigenvalue weighted by atomic mass is 9.73. The van der Waals surface area contributed by atoms with E-state index in [0.29, 0.717) is 5.41 Å². The van der Waals surface area contributed by atoms with Gasteiger partial charge in [-0.25, -0.2) is 4.68 Å². The Labute approximate surface area is 209 Å². The highest BCUT2D eigenvalue weighted by Gasteiger charge is 2.34. The van der Waals surface area contributed by atoms with Crippen LogP contribution in [0.25, 0.3) is 5.69 Å². The summed E-state index contributed by atoms with van der Waals surface area (Å²) in [4.78, 5) is 7.07. The van der Waals surface area contributed by atoms with E-state index in [9.17, 15) is 0 Å². The van der Waals surface area contributed by atoms with E-state index in [0.717, 1.165) is 57.6 Å². The van der Waals surface area contributed by atoms with Crippen LogP contribution in [0.1, 0.15) is 37.7 Å². The second-order valence-corrected chi connectivity index (χ2v) is 8.85. The number of aromatic nitrogens is 2. The number of guanidine groups is 1.